The molecule has 6 atom stereocenters. The predicted octanol–water partition coefficient (Wildman–Crippen LogP) is -1.01. The van der Waals surface area contributed by atoms with Crippen LogP contribution in [0.4, 0.5) is 0 Å². The summed E-state index contributed by atoms with van der Waals surface area (Å²) in [5, 5.41) is 10.8. The van der Waals surface area contributed by atoms with Gasteiger partial charge in [0, 0.05) is 11.8 Å². The highest BCUT2D eigenvalue weighted by molar-refractivity contribution is 7.66. The normalized spacial score (nSPS) is 32.4. The van der Waals surface area contributed by atoms with Gasteiger partial charge in [-0.2, -0.15) is 8.62 Å². The number of hydrogen-bond acceptors (Lipinski definition) is 11. The maximum Gasteiger partial charge on any atom is 0.490 e. The van der Waals surface area contributed by atoms with Crippen molar-refractivity contribution >= 4 is 23.5 Å². The fraction of sp³-hybridized carbons (Fsp3) is 0.692. The molecule has 20 heteroatoms. The van der Waals surface area contributed by atoms with E-state index in [-0.39, 0.29) is 5.56 Å². The second-order valence-electron chi connectivity index (χ2n) is 7.78. The number of aliphatic hydroxyl groups is 1. The quantitative estimate of drug-likeness (QED) is 0.217. The van der Waals surface area contributed by atoms with Crippen LogP contribution < -0.4 is 11.2 Å². The van der Waals surface area contributed by atoms with Gasteiger partial charge in [0.2, 0.25) is 0 Å². The summed E-state index contributed by atoms with van der Waals surface area (Å²) in [5.74, 6) is 0. The highest BCUT2D eigenvalue weighted by Crippen LogP contribution is 2.67. The molecule has 3 rings (SSSR count). The standard InChI is InChI=1S/C13H21N2O15P3/c1-6-4-15(11(18)14-9(6)17)10-7-8(16)13(28-10,12(2,3)27-7)5-26-32(22,23)30-33(24,25)29-31(19,20)21/h4,7-8,10,16H,5H2,1-3H3,(H,22,23)(H,24,25)(H,14,17,18)(H2,19,20,21)/t7-,8+,10-,13-/m1/s1. The van der Waals surface area contributed by atoms with E-state index in [2.05, 4.69) is 18.1 Å². The Kier molecular flexibility index (Phi) is 6.67. The number of phosphoric acid groups is 3. The molecule has 0 aromatic carbocycles. The van der Waals surface area contributed by atoms with Gasteiger partial charge in [-0.1, -0.05) is 0 Å². The summed E-state index contributed by atoms with van der Waals surface area (Å²) in [7, 11) is -16.9. The van der Waals surface area contributed by atoms with E-state index in [1.54, 1.807) is 0 Å². The summed E-state index contributed by atoms with van der Waals surface area (Å²) >= 11 is 0. The molecule has 0 radical (unpaired) electrons. The van der Waals surface area contributed by atoms with E-state index in [9.17, 15) is 38.2 Å². The molecule has 2 unspecified atom stereocenters. The first-order chi connectivity index (χ1) is 14.8. The number of hydrogen-bond donors (Lipinski definition) is 6. The number of nitrogens with zero attached hydrogens (tertiary/aromatic N) is 1. The van der Waals surface area contributed by atoms with Gasteiger partial charge in [-0.25, -0.2) is 18.5 Å². The molecular formula is C13H21N2O15P3. The van der Waals surface area contributed by atoms with E-state index in [4.69, 9.17) is 19.3 Å². The summed E-state index contributed by atoms with van der Waals surface area (Å²) in [6, 6.07) is 0. The molecule has 2 fully saturated rings. The third-order valence-corrected chi connectivity index (χ3v) is 8.91. The van der Waals surface area contributed by atoms with Gasteiger partial charge < -0.3 is 34.2 Å². The largest absolute Gasteiger partial charge is 0.490 e. The highest BCUT2D eigenvalue weighted by Gasteiger charge is 2.71. The van der Waals surface area contributed by atoms with E-state index in [0.717, 1.165) is 10.8 Å². The minimum atomic E-state index is -5.76. The number of aryl methyl sites for hydroxylation is 1. The minimum absolute atomic E-state index is 0.136. The van der Waals surface area contributed by atoms with Crippen molar-refractivity contribution in [3.63, 3.8) is 0 Å². The van der Waals surface area contributed by atoms with Crippen LogP contribution in [-0.2, 0) is 36.3 Å². The summed E-state index contributed by atoms with van der Waals surface area (Å²) in [4.78, 5) is 62.1. The maximum absolute atomic E-state index is 12.2. The Bertz CT molecular complexity index is 1200. The van der Waals surface area contributed by atoms with Gasteiger partial charge >= 0.3 is 29.2 Å². The number of H-pyrrole nitrogens is 1. The first kappa shape index (κ1) is 26.6. The van der Waals surface area contributed by atoms with Crippen molar-refractivity contribution in [3.8, 4) is 0 Å². The van der Waals surface area contributed by atoms with Crippen LogP contribution in [0.2, 0.25) is 0 Å². The molecule has 0 aliphatic carbocycles. The molecule has 2 aliphatic heterocycles. The summed E-state index contributed by atoms with van der Waals surface area (Å²) in [6.45, 7) is 3.25. The van der Waals surface area contributed by atoms with Crippen molar-refractivity contribution < 1.29 is 61.0 Å². The van der Waals surface area contributed by atoms with Crippen molar-refractivity contribution in [1.82, 2.24) is 9.55 Å². The smallest absolute Gasteiger partial charge is 0.387 e. The average molecular weight is 538 g/mol. The van der Waals surface area contributed by atoms with Crippen molar-refractivity contribution in [1.29, 1.82) is 0 Å². The van der Waals surface area contributed by atoms with Gasteiger partial charge in [-0.15, -0.1) is 0 Å². The number of aromatic nitrogens is 2. The molecule has 0 saturated carbocycles. The number of aromatic amines is 1. The zero-order chi connectivity index (χ0) is 25.2. The maximum atomic E-state index is 12.2. The Morgan fingerprint density at radius 2 is 1.70 bits per heavy atom. The minimum Gasteiger partial charge on any atom is -0.387 e. The lowest BCUT2D eigenvalue weighted by molar-refractivity contribution is -0.257. The van der Waals surface area contributed by atoms with Crippen LogP contribution in [-0.4, -0.2) is 64.2 Å². The van der Waals surface area contributed by atoms with Gasteiger partial charge in [-0.05, 0) is 20.8 Å². The Morgan fingerprint density at radius 1 is 1.09 bits per heavy atom. The second kappa shape index (κ2) is 8.28. The van der Waals surface area contributed by atoms with Crippen LogP contribution in [0.15, 0.2) is 15.8 Å². The van der Waals surface area contributed by atoms with Crippen molar-refractivity contribution in [2.24, 2.45) is 0 Å². The summed E-state index contributed by atoms with van der Waals surface area (Å²) in [5.41, 5.74) is -4.74. The molecule has 188 valence electrons. The zero-order valence-corrected chi connectivity index (χ0v) is 19.8. The highest BCUT2D eigenvalue weighted by atomic mass is 31.3. The van der Waals surface area contributed by atoms with Gasteiger partial charge in [0.1, 0.15) is 12.2 Å². The molecule has 2 saturated heterocycles. The molecular weight excluding hydrogens is 517 g/mol. The number of aliphatic hydroxyl groups excluding tert-OH is 1. The van der Waals surface area contributed by atoms with E-state index in [1.807, 2.05) is 0 Å². The van der Waals surface area contributed by atoms with Crippen LogP contribution in [0.5, 0.6) is 0 Å². The molecule has 17 nitrogen and oxygen atoms in total. The van der Waals surface area contributed by atoms with Crippen molar-refractivity contribution in [2.75, 3.05) is 6.61 Å². The van der Waals surface area contributed by atoms with Crippen LogP contribution in [0, 0.1) is 6.92 Å². The lowest BCUT2D eigenvalue weighted by Crippen LogP contribution is -2.57. The Morgan fingerprint density at radius 3 is 2.27 bits per heavy atom. The molecule has 33 heavy (non-hydrogen) atoms. The Labute approximate surface area is 184 Å². The average Bonchev–Trinajstić information content (AvgIpc) is 2.96. The van der Waals surface area contributed by atoms with Crippen LogP contribution in [0.3, 0.4) is 0 Å². The Balaban J connectivity index is 1.86. The van der Waals surface area contributed by atoms with Crippen molar-refractivity contribution in [2.45, 2.75) is 50.4 Å². The fourth-order valence-corrected chi connectivity index (χ4v) is 6.65. The van der Waals surface area contributed by atoms with E-state index < -0.39 is 71.0 Å². The predicted molar refractivity (Wildman–Crippen MR) is 104 cm³/mol. The van der Waals surface area contributed by atoms with Crippen LogP contribution >= 0.6 is 23.5 Å². The van der Waals surface area contributed by atoms with Crippen molar-refractivity contribution in [3.05, 3.63) is 32.6 Å². The van der Waals surface area contributed by atoms with E-state index >= 15 is 0 Å². The number of nitrogens with one attached hydrogen (secondary N) is 1. The monoisotopic (exact) mass is 538 g/mol. The first-order valence-electron chi connectivity index (χ1n) is 8.93. The third kappa shape index (κ3) is 5.16. The molecule has 3 heterocycles. The molecule has 0 spiro atoms. The molecule has 6 N–H and O–H groups in total. The van der Waals surface area contributed by atoms with Gasteiger partial charge in [0.05, 0.1) is 12.2 Å². The lowest BCUT2D eigenvalue weighted by Gasteiger charge is -2.43. The van der Waals surface area contributed by atoms with Gasteiger partial charge in [-0.3, -0.25) is 18.9 Å². The molecule has 2 aliphatic rings. The SMILES string of the molecule is Cc1cn([C@@H]2O[C@]3(COP(=O)(O)OP(=O)(O)OP(=O)(O)O)[C@@H](O)[C@H]2OC3(C)C)c(=O)[nH]c1=O. The topological polar surface area (TPSA) is 253 Å². The Hall–Kier alpha value is -1.03. The van der Waals surface area contributed by atoms with Crippen LogP contribution in [0.1, 0.15) is 25.6 Å². The molecule has 2 bridgehead atoms. The number of fused-ring (bicyclic) bond motifs is 2. The zero-order valence-electron chi connectivity index (χ0n) is 17.1. The summed E-state index contributed by atoms with van der Waals surface area (Å²) in [6.07, 6.45) is -2.91. The summed E-state index contributed by atoms with van der Waals surface area (Å²) < 4.78 is 58.8. The van der Waals surface area contributed by atoms with E-state index in [0.29, 0.717) is 0 Å². The third-order valence-electron chi connectivity index (χ3n) is 5.13. The van der Waals surface area contributed by atoms with Crippen LogP contribution in [0.25, 0.3) is 0 Å². The van der Waals surface area contributed by atoms with Gasteiger partial charge in [0.25, 0.3) is 5.56 Å². The molecule has 1 aromatic heterocycles. The fourth-order valence-electron chi connectivity index (χ4n) is 3.60. The lowest BCUT2D eigenvalue weighted by atomic mass is 9.84. The van der Waals surface area contributed by atoms with Gasteiger partial charge in [0.15, 0.2) is 11.8 Å². The number of phosphoric ester groups is 1. The molecule has 1 aromatic rings. The first-order valence-corrected chi connectivity index (χ1v) is 13.5. The van der Waals surface area contributed by atoms with E-state index in [1.165, 1.54) is 20.8 Å². The second-order valence-corrected chi connectivity index (χ2v) is 12.2. The molecule has 0 amide bonds. The number of rotatable bonds is 8. The number of ether oxygens (including phenoxy) is 2.